The van der Waals surface area contributed by atoms with Crippen LogP contribution in [0.1, 0.15) is 10.4 Å². The lowest BCUT2D eigenvalue weighted by Gasteiger charge is -2.12. The van der Waals surface area contributed by atoms with E-state index >= 15 is 0 Å². The topological polar surface area (TPSA) is 96.3 Å². The van der Waals surface area contributed by atoms with Crippen LogP contribution in [-0.4, -0.2) is 15.9 Å². The van der Waals surface area contributed by atoms with Crippen LogP contribution < -0.4 is 16.2 Å². The summed E-state index contributed by atoms with van der Waals surface area (Å²) in [5, 5.41) is 13.4. The second-order valence-corrected chi connectivity index (χ2v) is 6.52. The van der Waals surface area contributed by atoms with Crippen LogP contribution in [0.25, 0.3) is 0 Å². The van der Waals surface area contributed by atoms with Gasteiger partial charge in [-0.2, -0.15) is 0 Å². The van der Waals surface area contributed by atoms with Gasteiger partial charge in [-0.15, -0.1) is 0 Å². The molecular weight excluding hydrogens is 467 g/mol. The average Bonchev–Trinajstić information content (AvgIpc) is 2.55. The zero-order valence-corrected chi connectivity index (χ0v) is 15.6. The third-order valence-electron chi connectivity index (χ3n) is 2.80. The number of anilines is 1. The molecule has 0 spiro atoms. The molecule has 124 valence electrons. The van der Waals surface area contributed by atoms with Crippen LogP contribution in [0.2, 0.25) is 5.02 Å². The molecule has 0 atom stereocenters. The van der Waals surface area contributed by atoms with Gasteiger partial charge in [-0.1, -0.05) is 11.6 Å². The predicted molar refractivity (Wildman–Crippen MR) is 104 cm³/mol. The fourth-order valence-electron chi connectivity index (χ4n) is 1.67. The second-order valence-electron chi connectivity index (χ2n) is 4.46. The Morgan fingerprint density at radius 3 is 2.50 bits per heavy atom. The maximum Gasteiger partial charge on any atom is 0.269 e. The van der Waals surface area contributed by atoms with Crippen molar-refractivity contribution in [1.82, 2.24) is 10.7 Å². The lowest BCUT2D eigenvalue weighted by molar-refractivity contribution is -0.384. The van der Waals surface area contributed by atoms with Crippen LogP contribution in [0.4, 0.5) is 11.4 Å². The molecule has 0 radical (unpaired) electrons. The molecule has 2 aromatic rings. The SMILES string of the molecule is O=C(NC(=S)NNc1ccc([N+](=O)[O-])cc1)c1cc(I)ccc1Cl. The van der Waals surface area contributed by atoms with Crippen molar-refractivity contribution in [2.24, 2.45) is 0 Å². The van der Waals surface area contributed by atoms with E-state index in [0.29, 0.717) is 16.3 Å². The molecule has 2 rings (SSSR count). The summed E-state index contributed by atoms with van der Waals surface area (Å²) < 4.78 is 0.866. The highest BCUT2D eigenvalue weighted by atomic mass is 127. The van der Waals surface area contributed by atoms with Crippen molar-refractivity contribution < 1.29 is 9.72 Å². The Morgan fingerprint density at radius 2 is 1.88 bits per heavy atom. The zero-order valence-electron chi connectivity index (χ0n) is 11.9. The monoisotopic (exact) mass is 476 g/mol. The van der Waals surface area contributed by atoms with Crippen molar-refractivity contribution in [2.45, 2.75) is 0 Å². The minimum atomic E-state index is -0.493. The summed E-state index contributed by atoms with van der Waals surface area (Å²) in [4.78, 5) is 22.2. The maximum atomic E-state index is 12.1. The summed E-state index contributed by atoms with van der Waals surface area (Å²) in [7, 11) is 0. The summed E-state index contributed by atoms with van der Waals surface area (Å²) in [5.74, 6) is -0.443. The van der Waals surface area contributed by atoms with E-state index in [4.69, 9.17) is 23.8 Å². The minimum Gasteiger partial charge on any atom is -0.299 e. The highest BCUT2D eigenvalue weighted by molar-refractivity contribution is 14.1. The molecule has 0 aromatic heterocycles. The molecule has 10 heteroatoms. The Hall–Kier alpha value is -1.98. The Kier molecular flexibility index (Phi) is 6.29. The number of hydrogen-bond acceptors (Lipinski definition) is 5. The van der Waals surface area contributed by atoms with Crippen molar-refractivity contribution in [2.75, 3.05) is 5.43 Å². The molecule has 0 aliphatic carbocycles. The standard InChI is InChI=1S/C14H10ClIN4O3S/c15-12-6-1-8(16)7-11(12)13(21)17-14(24)19-18-9-2-4-10(5-3-9)20(22)23/h1-7,18H,(H2,17,19,21,24). The van der Waals surface area contributed by atoms with Gasteiger partial charge in [0.2, 0.25) is 0 Å². The first-order valence-corrected chi connectivity index (χ1v) is 8.30. The van der Waals surface area contributed by atoms with Crippen LogP contribution in [0.15, 0.2) is 42.5 Å². The van der Waals surface area contributed by atoms with E-state index in [1.54, 1.807) is 18.2 Å². The molecule has 0 fully saturated rings. The van der Waals surface area contributed by atoms with Crippen molar-refractivity contribution in [3.63, 3.8) is 0 Å². The van der Waals surface area contributed by atoms with E-state index in [1.807, 2.05) is 0 Å². The molecule has 7 nitrogen and oxygen atoms in total. The number of halogens is 2. The third-order valence-corrected chi connectivity index (χ3v) is 4.00. The summed E-state index contributed by atoms with van der Waals surface area (Å²) in [6, 6.07) is 10.8. The Labute approximate surface area is 161 Å². The van der Waals surface area contributed by atoms with E-state index in [0.717, 1.165) is 3.57 Å². The lowest BCUT2D eigenvalue weighted by atomic mass is 10.2. The number of non-ortho nitro benzene ring substituents is 1. The van der Waals surface area contributed by atoms with E-state index in [-0.39, 0.29) is 10.8 Å². The van der Waals surface area contributed by atoms with Gasteiger partial charge in [-0.3, -0.25) is 31.1 Å². The number of nitrogens with one attached hydrogen (secondary N) is 3. The number of carbonyl (C=O) groups is 1. The van der Waals surface area contributed by atoms with Gasteiger partial charge in [0, 0.05) is 15.7 Å². The van der Waals surface area contributed by atoms with Gasteiger partial charge >= 0.3 is 0 Å². The van der Waals surface area contributed by atoms with Gasteiger partial charge in [-0.25, -0.2) is 0 Å². The number of nitrogens with zero attached hydrogens (tertiary/aromatic N) is 1. The molecule has 0 bridgehead atoms. The molecule has 2 aromatic carbocycles. The molecule has 0 saturated carbocycles. The molecule has 0 aliphatic rings. The number of thiocarbonyl (C=S) groups is 1. The fourth-order valence-corrected chi connectivity index (χ4v) is 2.51. The smallest absolute Gasteiger partial charge is 0.269 e. The number of nitro benzene ring substituents is 1. The first kappa shape index (κ1) is 18.4. The van der Waals surface area contributed by atoms with Gasteiger partial charge < -0.3 is 0 Å². The first-order chi connectivity index (χ1) is 11.4. The summed E-state index contributed by atoms with van der Waals surface area (Å²) >= 11 is 13.1. The lowest BCUT2D eigenvalue weighted by Crippen LogP contribution is -2.42. The van der Waals surface area contributed by atoms with Gasteiger partial charge in [0.25, 0.3) is 11.6 Å². The first-order valence-electron chi connectivity index (χ1n) is 6.43. The largest absolute Gasteiger partial charge is 0.299 e. The number of hydrogen-bond donors (Lipinski definition) is 3. The van der Waals surface area contributed by atoms with Gasteiger partial charge in [0.1, 0.15) is 0 Å². The highest BCUT2D eigenvalue weighted by Gasteiger charge is 2.12. The van der Waals surface area contributed by atoms with Crippen molar-refractivity contribution in [3.05, 3.63) is 66.7 Å². The van der Waals surface area contributed by atoms with Crippen LogP contribution in [0, 0.1) is 13.7 Å². The molecule has 0 saturated heterocycles. The molecule has 3 N–H and O–H groups in total. The Balaban J connectivity index is 1.92. The second kappa shape index (κ2) is 8.22. The molecule has 0 unspecified atom stereocenters. The molecular formula is C14H10ClIN4O3S. The number of carbonyl (C=O) groups excluding carboxylic acids is 1. The highest BCUT2D eigenvalue weighted by Crippen LogP contribution is 2.18. The Bertz CT molecular complexity index is 801. The zero-order chi connectivity index (χ0) is 17.7. The third kappa shape index (κ3) is 5.01. The normalized spacial score (nSPS) is 9.92. The van der Waals surface area contributed by atoms with Crippen molar-refractivity contribution >= 4 is 68.8 Å². The maximum absolute atomic E-state index is 12.1. The van der Waals surface area contributed by atoms with Crippen molar-refractivity contribution in [1.29, 1.82) is 0 Å². The van der Waals surface area contributed by atoms with E-state index in [1.165, 1.54) is 24.3 Å². The number of hydrazine groups is 1. The predicted octanol–water partition coefficient (Wildman–Crippen LogP) is 3.48. The van der Waals surface area contributed by atoms with E-state index < -0.39 is 10.8 Å². The van der Waals surface area contributed by atoms with Crippen LogP contribution in [0.3, 0.4) is 0 Å². The summed E-state index contributed by atoms with van der Waals surface area (Å²) in [6.45, 7) is 0. The van der Waals surface area contributed by atoms with Gasteiger partial charge in [0.15, 0.2) is 5.11 Å². The van der Waals surface area contributed by atoms with E-state index in [2.05, 4.69) is 38.8 Å². The number of amides is 1. The summed E-state index contributed by atoms with van der Waals surface area (Å²) in [5.41, 5.74) is 6.18. The average molecular weight is 477 g/mol. The number of benzene rings is 2. The quantitative estimate of drug-likeness (QED) is 0.271. The number of nitro groups is 1. The molecule has 0 heterocycles. The molecule has 0 aliphatic heterocycles. The fraction of sp³-hybridized carbons (Fsp3) is 0. The molecule has 24 heavy (non-hydrogen) atoms. The van der Waals surface area contributed by atoms with Crippen LogP contribution >= 0.6 is 46.4 Å². The van der Waals surface area contributed by atoms with Gasteiger partial charge in [-0.05, 0) is 65.1 Å². The number of rotatable bonds is 4. The van der Waals surface area contributed by atoms with Crippen LogP contribution in [0.5, 0.6) is 0 Å². The van der Waals surface area contributed by atoms with Gasteiger partial charge in [0.05, 0.1) is 21.2 Å². The minimum absolute atomic E-state index is 0.0234. The van der Waals surface area contributed by atoms with Crippen molar-refractivity contribution in [3.8, 4) is 0 Å². The molecule has 1 amide bonds. The van der Waals surface area contributed by atoms with Crippen LogP contribution in [-0.2, 0) is 0 Å². The van der Waals surface area contributed by atoms with E-state index in [9.17, 15) is 14.9 Å². The Morgan fingerprint density at radius 1 is 1.21 bits per heavy atom. The summed E-state index contributed by atoms with van der Waals surface area (Å²) in [6.07, 6.45) is 0.